The first-order valence-corrected chi connectivity index (χ1v) is 7.53. The number of anilines is 2. The van der Waals surface area contributed by atoms with E-state index >= 15 is 0 Å². The number of hydrogen-bond acceptors (Lipinski definition) is 4. The molecule has 25 heavy (non-hydrogen) atoms. The molecular weight excluding hydrogens is 386 g/mol. The van der Waals surface area contributed by atoms with Crippen molar-refractivity contribution in [2.75, 3.05) is 11.5 Å². The molecule has 0 fully saturated rings. The summed E-state index contributed by atoms with van der Waals surface area (Å²) in [4.78, 5) is 0.124. The van der Waals surface area contributed by atoms with Crippen molar-refractivity contribution in [1.82, 2.24) is 0 Å². The molecule has 0 atom stereocenters. The Hall–Kier alpha value is -1.68. The molecule has 0 unspecified atom stereocenters. The molecule has 0 radical (unpaired) electrons. The van der Waals surface area contributed by atoms with Gasteiger partial charge in [-0.25, -0.2) is 0 Å². The summed E-state index contributed by atoms with van der Waals surface area (Å²) >= 11 is 7.77. The van der Waals surface area contributed by atoms with E-state index < -0.39 is 28.9 Å². The Bertz CT molecular complexity index is 734. The zero-order valence-corrected chi connectivity index (χ0v) is 14.1. The molecule has 0 aromatic heterocycles. The number of halogens is 6. The van der Waals surface area contributed by atoms with Crippen molar-refractivity contribution >= 4 is 36.6 Å². The van der Waals surface area contributed by atoms with Crippen molar-refractivity contribution in [1.29, 1.82) is 0 Å². The monoisotopic (exact) mass is 398 g/mol. The lowest BCUT2D eigenvalue weighted by molar-refractivity contribution is -0.288. The molecule has 2 aromatic carbocycles. The van der Waals surface area contributed by atoms with Crippen molar-refractivity contribution in [3.63, 3.8) is 0 Å². The van der Waals surface area contributed by atoms with Crippen LogP contribution in [0.25, 0.3) is 0 Å². The first-order valence-electron chi connectivity index (χ1n) is 6.63. The van der Waals surface area contributed by atoms with Gasteiger partial charge in [0.25, 0.3) is 0 Å². The number of alkyl halides is 6. The molecular formula is C15H12F6N2S2. The van der Waals surface area contributed by atoms with Crippen LogP contribution in [0.5, 0.6) is 0 Å². The average molecular weight is 398 g/mol. The largest absolute Gasteiger partial charge is 0.411 e. The fourth-order valence-corrected chi connectivity index (χ4v) is 2.84. The number of rotatable bonds is 2. The van der Waals surface area contributed by atoms with Gasteiger partial charge in [0.2, 0.25) is 5.41 Å². The van der Waals surface area contributed by atoms with E-state index in [0.29, 0.717) is 24.3 Å². The van der Waals surface area contributed by atoms with Crippen LogP contribution < -0.4 is 11.5 Å². The number of benzene rings is 2. The Morgan fingerprint density at radius 2 is 0.960 bits per heavy atom. The van der Waals surface area contributed by atoms with Crippen molar-refractivity contribution in [3.05, 3.63) is 47.5 Å². The van der Waals surface area contributed by atoms with Crippen molar-refractivity contribution in [2.24, 2.45) is 0 Å². The van der Waals surface area contributed by atoms with E-state index in [1.54, 1.807) is 0 Å². The maximum absolute atomic E-state index is 13.9. The van der Waals surface area contributed by atoms with E-state index in [1.165, 1.54) is 0 Å². The summed E-state index contributed by atoms with van der Waals surface area (Å²) in [5.74, 6) is 0. The fraction of sp³-hybridized carbons (Fsp3) is 0.200. The van der Waals surface area contributed by atoms with Gasteiger partial charge in [-0.3, -0.25) is 0 Å². The summed E-state index contributed by atoms with van der Waals surface area (Å²) in [6, 6.07) is 4.60. The van der Waals surface area contributed by atoms with Crippen molar-refractivity contribution in [2.45, 2.75) is 27.6 Å². The molecule has 0 saturated heterocycles. The van der Waals surface area contributed by atoms with Gasteiger partial charge in [-0.1, -0.05) is 12.1 Å². The summed E-state index contributed by atoms with van der Waals surface area (Å²) in [6.07, 6.45) is -11.4. The molecule has 0 saturated carbocycles. The normalized spacial score (nSPS) is 13.1. The highest BCUT2D eigenvalue weighted by atomic mass is 32.1. The molecule has 0 heterocycles. The molecule has 0 aliphatic heterocycles. The first kappa shape index (κ1) is 19.6. The quantitative estimate of drug-likeness (QED) is 0.333. The van der Waals surface area contributed by atoms with Crippen LogP contribution in [0, 0.1) is 0 Å². The highest BCUT2D eigenvalue weighted by molar-refractivity contribution is 7.80. The lowest BCUT2D eigenvalue weighted by atomic mass is 9.72. The summed E-state index contributed by atoms with van der Waals surface area (Å²) in [6.45, 7) is 0. The van der Waals surface area contributed by atoms with Crippen LogP contribution in [0.1, 0.15) is 11.1 Å². The van der Waals surface area contributed by atoms with E-state index in [9.17, 15) is 26.3 Å². The van der Waals surface area contributed by atoms with Gasteiger partial charge in [0.15, 0.2) is 0 Å². The molecule has 136 valence electrons. The predicted molar refractivity (Wildman–Crippen MR) is 89.1 cm³/mol. The maximum atomic E-state index is 13.9. The summed E-state index contributed by atoms with van der Waals surface area (Å²) in [5, 5.41) is 0. The lowest BCUT2D eigenvalue weighted by Crippen LogP contribution is -2.54. The zero-order valence-electron chi connectivity index (χ0n) is 12.3. The van der Waals surface area contributed by atoms with Gasteiger partial charge < -0.3 is 11.5 Å². The Morgan fingerprint density at radius 1 is 0.640 bits per heavy atom. The molecule has 2 aromatic rings. The molecule has 4 N–H and O–H groups in total. The van der Waals surface area contributed by atoms with E-state index in [2.05, 4.69) is 25.3 Å². The average Bonchev–Trinajstić information content (AvgIpc) is 2.44. The minimum Gasteiger partial charge on any atom is -0.398 e. The molecule has 2 nitrogen and oxygen atoms in total. The van der Waals surface area contributed by atoms with E-state index in [1.807, 2.05) is 0 Å². The standard InChI is InChI=1S/C15H12F6N2S2/c16-14(17,18)13(15(19,20)21,7-1-3-11(24)9(22)5-7)8-2-4-12(25)10(23)6-8/h1-6,24-25H,22-23H2. The highest BCUT2D eigenvalue weighted by Crippen LogP contribution is 2.56. The summed E-state index contributed by atoms with van der Waals surface area (Å²) in [5.41, 5.74) is 3.91. The van der Waals surface area contributed by atoms with Gasteiger partial charge in [0.05, 0.1) is 0 Å². The Labute approximate surface area is 150 Å². The van der Waals surface area contributed by atoms with Crippen LogP contribution in [0.4, 0.5) is 37.7 Å². The number of hydrogen-bond donors (Lipinski definition) is 4. The van der Waals surface area contributed by atoms with E-state index in [4.69, 9.17) is 11.5 Å². The van der Waals surface area contributed by atoms with Crippen LogP contribution in [0.15, 0.2) is 46.2 Å². The zero-order chi connectivity index (χ0) is 19.2. The van der Waals surface area contributed by atoms with Crippen molar-refractivity contribution < 1.29 is 26.3 Å². The number of nitrogens with two attached hydrogens (primary N) is 2. The summed E-state index contributed by atoms with van der Waals surface area (Å²) < 4.78 is 83.2. The van der Waals surface area contributed by atoms with Gasteiger partial charge in [0.1, 0.15) is 0 Å². The molecule has 0 aliphatic carbocycles. The van der Waals surface area contributed by atoms with Crippen molar-refractivity contribution in [3.8, 4) is 0 Å². The van der Waals surface area contributed by atoms with Gasteiger partial charge >= 0.3 is 12.4 Å². The Balaban J connectivity index is 2.96. The fourth-order valence-electron chi connectivity index (χ4n) is 2.56. The van der Waals surface area contributed by atoms with Gasteiger partial charge in [-0.15, -0.1) is 25.3 Å². The van der Waals surface area contributed by atoms with Crippen LogP contribution in [0.2, 0.25) is 0 Å². The molecule has 10 heteroatoms. The Kier molecular flexibility index (Phi) is 4.90. The van der Waals surface area contributed by atoms with Gasteiger partial charge in [-0.2, -0.15) is 26.3 Å². The SMILES string of the molecule is Nc1cc(C(c2ccc(S)c(N)c2)(C(F)(F)F)C(F)(F)F)ccc1S. The lowest BCUT2D eigenvalue weighted by Gasteiger charge is -2.38. The second-order valence-corrected chi connectivity index (χ2v) is 6.26. The van der Waals surface area contributed by atoms with E-state index in [-0.39, 0.29) is 21.2 Å². The predicted octanol–water partition coefficient (Wildman–Crippen LogP) is 4.84. The summed E-state index contributed by atoms with van der Waals surface area (Å²) in [7, 11) is 0. The molecule has 0 bridgehead atoms. The number of thiol groups is 2. The molecule has 2 rings (SSSR count). The van der Waals surface area contributed by atoms with Gasteiger partial charge in [-0.05, 0) is 35.4 Å². The van der Waals surface area contributed by atoms with Gasteiger partial charge in [0, 0.05) is 21.2 Å². The minimum atomic E-state index is -5.71. The van der Waals surface area contributed by atoms with Crippen LogP contribution in [-0.2, 0) is 5.41 Å². The molecule has 0 amide bonds. The van der Waals surface area contributed by atoms with Crippen LogP contribution >= 0.6 is 25.3 Å². The smallest absolute Gasteiger partial charge is 0.398 e. The second-order valence-electron chi connectivity index (χ2n) is 5.29. The topological polar surface area (TPSA) is 52.0 Å². The van der Waals surface area contributed by atoms with Crippen LogP contribution in [0.3, 0.4) is 0 Å². The first-order chi connectivity index (χ1) is 11.3. The van der Waals surface area contributed by atoms with E-state index in [0.717, 1.165) is 12.1 Å². The molecule has 0 aliphatic rings. The Morgan fingerprint density at radius 3 is 1.20 bits per heavy atom. The highest BCUT2D eigenvalue weighted by Gasteiger charge is 2.72. The third-order valence-electron chi connectivity index (χ3n) is 3.77. The maximum Gasteiger partial charge on any atom is 0.411 e. The number of nitrogen functional groups attached to an aromatic ring is 2. The third kappa shape index (κ3) is 3.12. The van der Waals surface area contributed by atoms with Crippen LogP contribution in [-0.4, -0.2) is 12.4 Å². The third-order valence-corrected chi connectivity index (χ3v) is 4.59. The molecule has 0 spiro atoms. The second kappa shape index (κ2) is 6.24. The minimum absolute atomic E-state index is 0.0622.